The number of methoxy groups -OCH3 is 2. The van der Waals surface area contributed by atoms with Gasteiger partial charge in [0.1, 0.15) is 12.4 Å². The number of rotatable bonds is 11. The van der Waals surface area contributed by atoms with E-state index in [0.717, 1.165) is 17.7 Å². The van der Waals surface area contributed by atoms with Crippen molar-refractivity contribution >= 4 is 18.0 Å². The van der Waals surface area contributed by atoms with Crippen molar-refractivity contribution in [1.29, 1.82) is 0 Å². The first-order valence-electron chi connectivity index (χ1n) is 9.79. The summed E-state index contributed by atoms with van der Waals surface area (Å²) < 4.78 is 24.3. The Labute approximate surface area is 186 Å². The molecule has 2 aromatic carbocycles. The second kappa shape index (κ2) is 11.3. The lowest BCUT2D eigenvalue weighted by Crippen LogP contribution is -2.05. The van der Waals surface area contributed by atoms with Crippen LogP contribution in [-0.2, 0) is 6.61 Å². The minimum atomic E-state index is 0.241. The van der Waals surface area contributed by atoms with Crippen LogP contribution < -0.4 is 18.9 Å². The lowest BCUT2D eigenvalue weighted by Gasteiger charge is -2.14. The molecule has 31 heavy (non-hydrogen) atoms. The van der Waals surface area contributed by atoms with Crippen molar-refractivity contribution in [2.45, 2.75) is 25.1 Å². The van der Waals surface area contributed by atoms with Gasteiger partial charge >= 0.3 is 0 Å². The maximum absolute atomic E-state index is 5.81. The number of para-hydroxylation sites is 1. The third kappa shape index (κ3) is 5.69. The highest BCUT2D eigenvalue weighted by molar-refractivity contribution is 7.98. The molecule has 0 fully saturated rings. The molecule has 0 atom stereocenters. The van der Waals surface area contributed by atoms with Gasteiger partial charge in [0.05, 0.1) is 27.0 Å². The molecule has 0 aliphatic heterocycles. The van der Waals surface area contributed by atoms with Gasteiger partial charge in [0, 0.05) is 5.56 Å². The second-order valence-electron chi connectivity index (χ2n) is 6.36. The molecular formula is C22H26N4O4S. The molecule has 9 heteroatoms. The zero-order valence-electron chi connectivity index (χ0n) is 18.1. The molecule has 0 spiro atoms. The summed E-state index contributed by atoms with van der Waals surface area (Å²) in [5.41, 5.74) is 0.785. The van der Waals surface area contributed by atoms with Crippen molar-refractivity contribution < 1.29 is 18.9 Å². The van der Waals surface area contributed by atoms with Gasteiger partial charge in [-0.25, -0.2) is 0 Å². The van der Waals surface area contributed by atoms with Gasteiger partial charge in [-0.15, -0.1) is 10.2 Å². The maximum atomic E-state index is 5.81. The molecule has 0 amide bonds. The first kappa shape index (κ1) is 22.5. The number of nitrogens with zero attached hydrogens (tertiary/aromatic N) is 4. The lowest BCUT2D eigenvalue weighted by atomic mass is 10.2. The normalized spacial score (nSPS) is 11.0. The Balaban J connectivity index is 1.86. The van der Waals surface area contributed by atoms with Crippen LogP contribution in [0.2, 0.25) is 0 Å². The molecule has 0 bridgehead atoms. The summed E-state index contributed by atoms with van der Waals surface area (Å²) >= 11 is 1.45. The highest BCUT2D eigenvalue weighted by Gasteiger charge is 2.15. The number of aromatic nitrogens is 3. The maximum Gasteiger partial charge on any atom is 0.211 e. The minimum absolute atomic E-state index is 0.241. The van der Waals surface area contributed by atoms with Gasteiger partial charge in [-0.05, 0) is 36.9 Å². The van der Waals surface area contributed by atoms with Crippen LogP contribution >= 0.6 is 11.8 Å². The molecule has 0 N–H and O–H groups in total. The van der Waals surface area contributed by atoms with Crippen LogP contribution in [0.3, 0.4) is 0 Å². The van der Waals surface area contributed by atoms with E-state index in [4.69, 9.17) is 18.9 Å². The van der Waals surface area contributed by atoms with Crippen molar-refractivity contribution in [2.24, 2.45) is 5.10 Å². The average Bonchev–Trinajstić information content (AvgIpc) is 3.22. The second-order valence-corrected chi connectivity index (χ2v) is 7.14. The summed E-state index contributed by atoms with van der Waals surface area (Å²) in [6.45, 7) is 2.86. The van der Waals surface area contributed by atoms with Crippen molar-refractivity contribution in [3.63, 3.8) is 0 Å². The summed E-state index contributed by atoms with van der Waals surface area (Å²) in [6, 6.07) is 13.2. The number of hydrogen-bond donors (Lipinski definition) is 0. The van der Waals surface area contributed by atoms with Gasteiger partial charge in [-0.1, -0.05) is 36.9 Å². The van der Waals surface area contributed by atoms with E-state index in [1.54, 1.807) is 25.1 Å². The molecule has 0 saturated heterocycles. The summed E-state index contributed by atoms with van der Waals surface area (Å²) in [5, 5.41) is 13.6. The number of ether oxygens (including phenoxy) is 4. The van der Waals surface area contributed by atoms with E-state index in [0.29, 0.717) is 34.8 Å². The number of benzene rings is 2. The predicted octanol–water partition coefficient (Wildman–Crippen LogP) is 4.27. The monoisotopic (exact) mass is 442 g/mol. The summed E-state index contributed by atoms with van der Waals surface area (Å²) in [7, 11) is 3.19. The highest BCUT2D eigenvalue weighted by Crippen LogP contribution is 2.38. The van der Waals surface area contributed by atoms with Crippen LogP contribution in [-0.4, -0.2) is 48.2 Å². The Bertz CT molecular complexity index is 983. The van der Waals surface area contributed by atoms with E-state index in [-0.39, 0.29) is 6.61 Å². The molecule has 0 aliphatic carbocycles. The highest BCUT2D eigenvalue weighted by atomic mass is 32.2. The van der Waals surface area contributed by atoms with Crippen molar-refractivity contribution in [2.75, 3.05) is 27.1 Å². The van der Waals surface area contributed by atoms with E-state index < -0.39 is 0 Å². The Kier molecular flexibility index (Phi) is 8.17. The zero-order valence-corrected chi connectivity index (χ0v) is 18.9. The molecule has 0 aliphatic rings. The summed E-state index contributed by atoms with van der Waals surface area (Å²) in [6.07, 6.45) is 4.50. The van der Waals surface area contributed by atoms with Crippen LogP contribution in [0, 0.1) is 0 Å². The quantitative estimate of drug-likeness (QED) is 0.324. The van der Waals surface area contributed by atoms with Gasteiger partial charge in [0.15, 0.2) is 17.3 Å². The fourth-order valence-electron chi connectivity index (χ4n) is 2.74. The van der Waals surface area contributed by atoms with Crippen molar-refractivity contribution in [1.82, 2.24) is 14.9 Å². The average molecular weight is 443 g/mol. The minimum Gasteiger partial charge on any atom is -0.493 e. The Hall–Kier alpha value is -3.20. The summed E-state index contributed by atoms with van der Waals surface area (Å²) in [5.74, 6) is 3.08. The van der Waals surface area contributed by atoms with E-state index >= 15 is 0 Å². The Morgan fingerprint density at radius 1 is 1.03 bits per heavy atom. The number of hydrogen-bond acceptors (Lipinski definition) is 8. The van der Waals surface area contributed by atoms with Crippen molar-refractivity contribution in [3.05, 3.63) is 53.9 Å². The zero-order chi connectivity index (χ0) is 22.1. The van der Waals surface area contributed by atoms with Crippen LogP contribution in [0.5, 0.6) is 23.0 Å². The lowest BCUT2D eigenvalue weighted by molar-refractivity contribution is 0.275. The molecule has 3 rings (SSSR count). The van der Waals surface area contributed by atoms with Crippen LogP contribution in [0.1, 0.15) is 24.7 Å². The Morgan fingerprint density at radius 2 is 1.74 bits per heavy atom. The molecule has 1 heterocycles. The van der Waals surface area contributed by atoms with Gasteiger partial charge in [0.25, 0.3) is 0 Å². The standard InChI is InChI=1S/C22H26N4O4S/c1-5-11-29-21-18(27-2)12-16(13-19(21)28-3)14-23-26-20(24-25-22(26)31-4)15-30-17-9-7-6-8-10-17/h6-10,12-14H,5,11,15H2,1-4H3/b23-14-. The van der Waals surface area contributed by atoms with Gasteiger partial charge in [-0.3, -0.25) is 0 Å². The summed E-state index contributed by atoms with van der Waals surface area (Å²) in [4.78, 5) is 0. The number of thioether (sulfide) groups is 1. The third-order valence-electron chi connectivity index (χ3n) is 4.23. The fraction of sp³-hybridized carbons (Fsp3) is 0.318. The topological polar surface area (TPSA) is 80.0 Å². The van der Waals surface area contributed by atoms with E-state index in [1.165, 1.54) is 11.8 Å². The molecule has 0 saturated carbocycles. The van der Waals surface area contributed by atoms with Crippen LogP contribution in [0.15, 0.2) is 52.7 Å². The van der Waals surface area contributed by atoms with Crippen molar-refractivity contribution in [3.8, 4) is 23.0 Å². The third-order valence-corrected chi connectivity index (χ3v) is 4.85. The molecule has 0 unspecified atom stereocenters. The molecule has 8 nitrogen and oxygen atoms in total. The van der Waals surface area contributed by atoms with E-state index in [9.17, 15) is 0 Å². The Morgan fingerprint density at radius 3 is 2.35 bits per heavy atom. The van der Waals surface area contributed by atoms with Crippen LogP contribution in [0.25, 0.3) is 0 Å². The molecular weight excluding hydrogens is 416 g/mol. The molecule has 1 aromatic heterocycles. The SMILES string of the molecule is CCCOc1c(OC)cc(/C=N\n2c(COc3ccccc3)nnc2SC)cc1OC. The van der Waals surface area contributed by atoms with E-state index in [1.807, 2.05) is 55.6 Å². The largest absolute Gasteiger partial charge is 0.493 e. The fourth-order valence-corrected chi connectivity index (χ4v) is 3.19. The first-order valence-corrected chi connectivity index (χ1v) is 11.0. The van der Waals surface area contributed by atoms with Gasteiger partial charge < -0.3 is 18.9 Å². The molecule has 164 valence electrons. The molecule has 0 radical (unpaired) electrons. The predicted molar refractivity (Wildman–Crippen MR) is 121 cm³/mol. The van der Waals surface area contributed by atoms with Gasteiger partial charge in [-0.2, -0.15) is 9.78 Å². The smallest absolute Gasteiger partial charge is 0.211 e. The first-order chi connectivity index (χ1) is 15.2. The molecule has 3 aromatic rings. The van der Waals surface area contributed by atoms with Gasteiger partial charge in [0.2, 0.25) is 10.9 Å². The van der Waals surface area contributed by atoms with Crippen LogP contribution in [0.4, 0.5) is 0 Å². The van der Waals surface area contributed by atoms with E-state index in [2.05, 4.69) is 15.3 Å².